The van der Waals surface area contributed by atoms with Gasteiger partial charge in [0.2, 0.25) is 0 Å². The molecule has 1 aliphatic heterocycles. The van der Waals surface area contributed by atoms with Crippen molar-refractivity contribution in [3.05, 3.63) is 28.2 Å². The van der Waals surface area contributed by atoms with Crippen LogP contribution < -0.4 is 11.1 Å². The number of rotatable bonds is 1. The lowest BCUT2D eigenvalue weighted by Crippen LogP contribution is -2.47. The summed E-state index contributed by atoms with van der Waals surface area (Å²) in [5, 5.41) is 3.76. The van der Waals surface area contributed by atoms with Crippen molar-refractivity contribution in [2.75, 3.05) is 18.4 Å². The van der Waals surface area contributed by atoms with Crippen molar-refractivity contribution >= 4 is 34.9 Å². The number of nitrogens with one attached hydrogen (secondary N) is 1. The zero-order valence-electron chi connectivity index (χ0n) is 9.83. The smallest absolute Gasteiger partial charge is 0.321 e. The van der Waals surface area contributed by atoms with E-state index in [1.165, 1.54) is 0 Å². The molecule has 1 saturated heterocycles. The number of hydrogen-bond acceptors (Lipinski definition) is 2. The average molecular weight is 288 g/mol. The van der Waals surface area contributed by atoms with Gasteiger partial charge < -0.3 is 16.0 Å². The number of nitrogens with zero attached hydrogens (tertiary/aromatic N) is 1. The molecule has 98 valence electrons. The summed E-state index contributed by atoms with van der Waals surface area (Å²) in [6.45, 7) is 1.31. The van der Waals surface area contributed by atoms with Crippen LogP contribution in [-0.4, -0.2) is 30.1 Å². The molecule has 1 aromatic rings. The van der Waals surface area contributed by atoms with Crippen LogP contribution in [-0.2, 0) is 0 Å². The highest BCUT2D eigenvalue weighted by Crippen LogP contribution is 2.23. The predicted octanol–water partition coefficient (Wildman–Crippen LogP) is 2.95. The Hall–Kier alpha value is -0.970. The number of benzene rings is 1. The maximum Gasteiger partial charge on any atom is 0.321 e. The average Bonchev–Trinajstić information content (AvgIpc) is 2.27. The van der Waals surface area contributed by atoms with Gasteiger partial charge in [0.1, 0.15) is 0 Å². The van der Waals surface area contributed by atoms with E-state index in [0.29, 0.717) is 22.3 Å². The zero-order chi connectivity index (χ0) is 13.1. The molecule has 0 radical (unpaired) electrons. The molecule has 1 heterocycles. The van der Waals surface area contributed by atoms with E-state index >= 15 is 0 Å². The number of hydrogen-bond donors (Lipinski definition) is 2. The van der Waals surface area contributed by atoms with Gasteiger partial charge in [-0.05, 0) is 31.0 Å². The molecule has 0 bridgehead atoms. The fourth-order valence-electron chi connectivity index (χ4n) is 2.02. The summed E-state index contributed by atoms with van der Waals surface area (Å²) in [6, 6.07) is 4.84. The second-order valence-electron chi connectivity index (χ2n) is 4.44. The molecule has 1 aromatic carbocycles. The van der Waals surface area contributed by atoms with Crippen LogP contribution >= 0.6 is 23.2 Å². The van der Waals surface area contributed by atoms with Gasteiger partial charge in [-0.15, -0.1) is 0 Å². The van der Waals surface area contributed by atoms with Crippen LogP contribution in [0.3, 0.4) is 0 Å². The maximum absolute atomic E-state index is 12.0. The van der Waals surface area contributed by atoms with Gasteiger partial charge in [0, 0.05) is 34.9 Å². The van der Waals surface area contributed by atoms with Crippen molar-refractivity contribution in [1.29, 1.82) is 0 Å². The fraction of sp³-hybridized carbons (Fsp3) is 0.417. The van der Waals surface area contributed by atoms with Crippen LogP contribution in [0.15, 0.2) is 18.2 Å². The molecule has 0 aliphatic carbocycles. The van der Waals surface area contributed by atoms with Crippen LogP contribution in [0.5, 0.6) is 0 Å². The topological polar surface area (TPSA) is 58.4 Å². The van der Waals surface area contributed by atoms with Crippen LogP contribution in [0.2, 0.25) is 10.0 Å². The minimum atomic E-state index is -0.163. The van der Waals surface area contributed by atoms with Crippen molar-refractivity contribution in [3.8, 4) is 0 Å². The molecule has 6 heteroatoms. The largest absolute Gasteiger partial charge is 0.326 e. The third kappa shape index (κ3) is 3.51. The number of halogens is 2. The van der Waals surface area contributed by atoms with Crippen molar-refractivity contribution in [3.63, 3.8) is 0 Å². The quantitative estimate of drug-likeness (QED) is 0.834. The van der Waals surface area contributed by atoms with Gasteiger partial charge in [-0.25, -0.2) is 4.79 Å². The Morgan fingerprint density at radius 1 is 1.33 bits per heavy atom. The molecule has 1 atom stereocenters. The minimum absolute atomic E-state index is 0.0625. The number of nitrogens with two attached hydrogens (primary N) is 1. The van der Waals surface area contributed by atoms with E-state index in [1.807, 2.05) is 0 Å². The van der Waals surface area contributed by atoms with Gasteiger partial charge in [-0.1, -0.05) is 23.2 Å². The molecule has 0 aromatic heterocycles. The minimum Gasteiger partial charge on any atom is -0.326 e. The second-order valence-corrected chi connectivity index (χ2v) is 5.31. The lowest BCUT2D eigenvalue weighted by molar-refractivity contribution is 0.193. The van der Waals surface area contributed by atoms with E-state index in [-0.39, 0.29) is 12.1 Å². The highest BCUT2D eigenvalue weighted by Gasteiger charge is 2.21. The lowest BCUT2D eigenvalue weighted by Gasteiger charge is -2.30. The molecule has 2 amide bonds. The molecule has 0 saturated carbocycles. The fourth-order valence-corrected chi connectivity index (χ4v) is 2.55. The summed E-state index contributed by atoms with van der Waals surface area (Å²) in [5.41, 5.74) is 6.43. The van der Waals surface area contributed by atoms with Crippen LogP contribution in [0, 0.1) is 0 Å². The molecule has 2 rings (SSSR count). The molecular weight excluding hydrogens is 273 g/mol. The highest BCUT2D eigenvalue weighted by atomic mass is 35.5. The molecule has 0 spiro atoms. The van der Waals surface area contributed by atoms with Crippen molar-refractivity contribution in [1.82, 2.24) is 4.90 Å². The van der Waals surface area contributed by atoms with Gasteiger partial charge >= 0.3 is 6.03 Å². The number of carbonyl (C=O) groups is 1. The second kappa shape index (κ2) is 5.78. The summed E-state index contributed by atoms with van der Waals surface area (Å²) in [4.78, 5) is 13.7. The van der Waals surface area contributed by atoms with Gasteiger partial charge in [0.15, 0.2) is 0 Å². The summed E-state index contributed by atoms with van der Waals surface area (Å²) < 4.78 is 0. The van der Waals surface area contributed by atoms with Crippen molar-refractivity contribution in [2.24, 2.45) is 5.73 Å². The first-order valence-electron chi connectivity index (χ1n) is 5.82. The van der Waals surface area contributed by atoms with Crippen molar-refractivity contribution < 1.29 is 4.79 Å². The number of carbonyl (C=O) groups excluding carboxylic acids is 1. The first kappa shape index (κ1) is 13.5. The Balaban J connectivity index is 2.02. The number of anilines is 1. The SMILES string of the molecule is N[C@@H]1CCCN(C(=O)Nc2cc(Cl)cc(Cl)c2)C1. The van der Waals surface area contributed by atoms with Gasteiger partial charge in [-0.2, -0.15) is 0 Å². The number of piperidine rings is 1. The van der Waals surface area contributed by atoms with E-state index in [9.17, 15) is 4.79 Å². The maximum atomic E-state index is 12.0. The summed E-state index contributed by atoms with van der Waals surface area (Å²) >= 11 is 11.7. The standard InChI is InChI=1S/C12H15Cl2N3O/c13-8-4-9(14)6-11(5-8)16-12(18)17-3-1-2-10(15)7-17/h4-6,10H,1-3,7,15H2,(H,16,18)/t10-/m1/s1. The predicted molar refractivity (Wildman–Crippen MR) is 74.3 cm³/mol. The first-order valence-corrected chi connectivity index (χ1v) is 6.58. The Morgan fingerprint density at radius 3 is 2.61 bits per heavy atom. The Labute approximate surface area is 116 Å². The number of urea groups is 1. The number of likely N-dealkylation sites (tertiary alicyclic amines) is 1. The third-order valence-corrected chi connectivity index (χ3v) is 3.30. The van der Waals surface area contributed by atoms with Gasteiger partial charge in [-0.3, -0.25) is 0 Å². The van der Waals surface area contributed by atoms with Crippen LogP contribution in [0.4, 0.5) is 10.5 Å². The molecule has 3 N–H and O–H groups in total. The van der Waals surface area contributed by atoms with Gasteiger partial charge in [0.05, 0.1) is 0 Å². The first-order chi connectivity index (χ1) is 8.54. The monoisotopic (exact) mass is 287 g/mol. The molecule has 0 unspecified atom stereocenters. The van der Waals surface area contributed by atoms with Crippen LogP contribution in [0.1, 0.15) is 12.8 Å². The summed E-state index contributed by atoms with van der Waals surface area (Å²) in [6.07, 6.45) is 1.90. The van der Waals surface area contributed by atoms with Gasteiger partial charge in [0.25, 0.3) is 0 Å². The molecule has 1 aliphatic rings. The zero-order valence-corrected chi connectivity index (χ0v) is 11.3. The highest BCUT2D eigenvalue weighted by molar-refractivity contribution is 6.35. The Bertz CT molecular complexity index is 433. The normalized spacial score (nSPS) is 19.7. The summed E-state index contributed by atoms with van der Waals surface area (Å²) in [5.74, 6) is 0. The van der Waals surface area contributed by atoms with E-state index in [2.05, 4.69) is 5.32 Å². The van der Waals surface area contributed by atoms with Crippen molar-refractivity contribution in [2.45, 2.75) is 18.9 Å². The number of amides is 2. The van der Waals surface area contributed by atoms with E-state index in [4.69, 9.17) is 28.9 Å². The molecule has 1 fully saturated rings. The van der Waals surface area contributed by atoms with E-state index in [0.717, 1.165) is 19.4 Å². The molecular formula is C12H15Cl2N3O. The molecule has 4 nitrogen and oxygen atoms in total. The summed E-state index contributed by atoms with van der Waals surface area (Å²) in [7, 11) is 0. The Kier molecular flexibility index (Phi) is 4.32. The molecule has 18 heavy (non-hydrogen) atoms. The lowest BCUT2D eigenvalue weighted by atomic mass is 10.1. The van der Waals surface area contributed by atoms with E-state index in [1.54, 1.807) is 23.1 Å². The van der Waals surface area contributed by atoms with Crippen LogP contribution in [0.25, 0.3) is 0 Å². The van der Waals surface area contributed by atoms with E-state index < -0.39 is 0 Å². The Morgan fingerprint density at radius 2 is 2.00 bits per heavy atom. The third-order valence-electron chi connectivity index (χ3n) is 2.86.